The largest absolute Gasteiger partial charge is 0.399 e. The molecule has 8 heteroatoms. The van der Waals surface area contributed by atoms with Crippen LogP contribution in [0.3, 0.4) is 0 Å². The van der Waals surface area contributed by atoms with E-state index in [4.69, 9.17) is 11.5 Å². The molecule has 0 aliphatic carbocycles. The van der Waals surface area contributed by atoms with Crippen molar-refractivity contribution >= 4 is 32.6 Å². The number of H-pyrrole nitrogens is 1. The van der Waals surface area contributed by atoms with Gasteiger partial charge in [0.25, 0.3) is 10.0 Å². The van der Waals surface area contributed by atoms with Crippen molar-refractivity contribution in [2.45, 2.75) is 4.90 Å². The molecule has 2 amide bonds. The van der Waals surface area contributed by atoms with Crippen molar-refractivity contribution in [2.75, 3.05) is 5.73 Å². The van der Waals surface area contributed by atoms with Crippen LogP contribution in [-0.2, 0) is 10.0 Å². The predicted octanol–water partition coefficient (Wildman–Crippen LogP) is 0.107. The van der Waals surface area contributed by atoms with E-state index in [9.17, 15) is 13.2 Å². The Morgan fingerprint density at radius 3 is 2.71 bits per heavy atom. The monoisotopic (exact) mass is 254 g/mol. The second-order valence-corrected chi connectivity index (χ2v) is 5.08. The number of amides is 2. The molecule has 0 saturated heterocycles. The number of hydrogen-bond acceptors (Lipinski definition) is 4. The lowest BCUT2D eigenvalue weighted by molar-refractivity contribution is 0.253. The van der Waals surface area contributed by atoms with Gasteiger partial charge in [0.2, 0.25) is 0 Å². The third-order valence-corrected chi connectivity index (χ3v) is 3.58. The maximum absolute atomic E-state index is 11.8. The van der Waals surface area contributed by atoms with Gasteiger partial charge in [-0.15, -0.1) is 0 Å². The first kappa shape index (κ1) is 11.3. The van der Waals surface area contributed by atoms with Crippen LogP contribution >= 0.6 is 0 Å². The van der Waals surface area contributed by atoms with Gasteiger partial charge in [0.15, 0.2) is 0 Å². The summed E-state index contributed by atoms with van der Waals surface area (Å²) in [4.78, 5) is 13.3. The van der Waals surface area contributed by atoms with E-state index in [2.05, 4.69) is 4.98 Å². The van der Waals surface area contributed by atoms with Crippen molar-refractivity contribution in [1.82, 2.24) is 9.71 Å². The first-order valence-electron chi connectivity index (χ1n) is 4.59. The minimum Gasteiger partial charge on any atom is -0.399 e. The number of aromatic nitrogens is 1. The number of sulfonamides is 1. The highest BCUT2D eigenvalue weighted by atomic mass is 32.2. The fourth-order valence-corrected chi connectivity index (χ4v) is 2.57. The molecule has 90 valence electrons. The number of anilines is 1. The summed E-state index contributed by atoms with van der Waals surface area (Å²) in [6, 6.07) is 3.65. The molecule has 0 bridgehead atoms. The molecule has 1 heterocycles. The molecule has 2 rings (SSSR count). The van der Waals surface area contributed by atoms with E-state index < -0.39 is 16.1 Å². The highest BCUT2D eigenvalue weighted by molar-refractivity contribution is 7.90. The van der Waals surface area contributed by atoms with Crippen molar-refractivity contribution in [3.63, 3.8) is 0 Å². The molecule has 1 aromatic heterocycles. The van der Waals surface area contributed by atoms with Crippen LogP contribution in [0.15, 0.2) is 29.3 Å². The number of nitrogen functional groups attached to an aromatic ring is 1. The zero-order valence-corrected chi connectivity index (χ0v) is 9.41. The Bertz CT molecular complexity index is 689. The number of benzene rings is 1. The molecule has 7 nitrogen and oxygen atoms in total. The summed E-state index contributed by atoms with van der Waals surface area (Å²) in [6.45, 7) is 0. The summed E-state index contributed by atoms with van der Waals surface area (Å²) >= 11 is 0. The van der Waals surface area contributed by atoms with E-state index in [1.807, 2.05) is 0 Å². The Morgan fingerprint density at radius 1 is 1.35 bits per heavy atom. The predicted molar refractivity (Wildman–Crippen MR) is 62.6 cm³/mol. The van der Waals surface area contributed by atoms with Gasteiger partial charge in [-0.2, -0.15) is 0 Å². The molecular formula is C9H10N4O3S. The van der Waals surface area contributed by atoms with Gasteiger partial charge < -0.3 is 16.5 Å². The average Bonchev–Trinajstić information content (AvgIpc) is 2.58. The molecule has 0 radical (unpaired) electrons. The summed E-state index contributed by atoms with van der Waals surface area (Å²) in [5, 5.41) is 0.402. The lowest BCUT2D eigenvalue weighted by Crippen LogP contribution is -2.34. The first-order valence-corrected chi connectivity index (χ1v) is 6.07. The summed E-state index contributed by atoms with van der Waals surface area (Å²) in [6.07, 6.45) is 1.27. The van der Waals surface area contributed by atoms with Gasteiger partial charge >= 0.3 is 6.03 Å². The van der Waals surface area contributed by atoms with Crippen LogP contribution in [0.25, 0.3) is 10.9 Å². The van der Waals surface area contributed by atoms with Gasteiger partial charge in [0.1, 0.15) is 4.90 Å². The topological polar surface area (TPSA) is 131 Å². The number of urea groups is 1. The highest BCUT2D eigenvalue weighted by Gasteiger charge is 2.20. The summed E-state index contributed by atoms with van der Waals surface area (Å²) in [7, 11) is -3.97. The van der Waals surface area contributed by atoms with Crippen LogP contribution in [0.2, 0.25) is 0 Å². The Morgan fingerprint density at radius 2 is 2.06 bits per heavy atom. The number of nitrogens with one attached hydrogen (secondary N) is 2. The minimum atomic E-state index is -3.97. The molecule has 0 fully saturated rings. The zero-order valence-electron chi connectivity index (χ0n) is 8.60. The lowest BCUT2D eigenvalue weighted by atomic mass is 10.2. The Balaban J connectivity index is 2.63. The second kappa shape index (κ2) is 3.67. The maximum Gasteiger partial charge on any atom is 0.326 e. The van der Waals surface area contributed by atoms with Crippen molar-refractivity contribution in [3.05, 3.63) is 24.4 Å². The minimum absolute atomic E-state index is 0.0707. The number of rotatable bonds is 2. The van der Waals surface area contributed by atoms with Gasteiger partial charge in [-0.05, 0) is 18.2 Å². The van der Waals surface area contributed by atoms with E-state index in [1.165, 1.54) is 12.3 Å². The molecular weight excluding hydrogens is 244 g/mol. The van der Waals surface area contributed by atoms with Crippen LogP contribution in [0, 0.1) is 0 Å². The summed E-state index contributed by atoms with van der Waals surface area (Å²) in [5.74, 6) is 0. The van der Waals surface area contributed by atoms with Gasteiger partial charge in [0.05, 0.1) is 0 Å². The van der Waals surface area contributed by atoms with Crippen LogP contribution in [-0.4, -0.2) is 19.4 Å². The molecule has 0 unspecified atom stereocenters. The molecule has 0 atom stereocenters. The first-order chi connectivity index (χ1) is 7.90. The number of aromatic amines is 1. The fourth-order valence-electron chi connectivity index (χ4n) is 1.52. The van der Waals surface area contributed by atoms with Crippen LogP contribution in [0.4, 0.5) is 10.5 Å². The Hall–Kier alpha value is -2.22. The van der Waals surface area contributed by atoms with E-state index in [0.717, 1.165) is 0 Å². The molecule has 0 aliphatic heterocycles. The van der Waals surface area contributed by atoms with Crippen LogP contribution in [0.5, 0.6) is 0 Å². The van der Waals surface area contributed by atoms with Crippen molar-refractivity contribution < 1.29 is 13.2 Å². The van der Waals surface area contributed by atoms with Crippen LogP contribution < -0.4 is 16.2 Å². The Labute approximate surface area is 96.8 Å². The summed E-state index contributed by atoms with van der Waals surface area (Å²) < 4.78 is 25.2. The van der Waals surface area contributed by atoms with Gasteiger partial charge in [-0.1, -0.05) is 0 Å². The smallest absolute Gasteiger partial charge is 0.326 e. The quantitative estimate of drug-likeness (QED) is 0.566. The molecule has 17 heavy (non-hydrogen) atoms. The van der Waals surface area contributed by atoms with Crippen molar-refractivity contribution in [2.24, 2.45) is 5.73 Å². The Kier molecular flexibility index (Phi) is 2.43. The average molecular weight is 254 g/mol. The molecule has 0 aliphatic rings. The second-order valence-electron chi connectivity index (χ2n) is 3.43. The molecule has 2 aromatic rings. The number of carbonyl (C=O) groups excluding carboxylic acids is 1. The number of hydrogen-bond donors (Lipinski definition) is 4. The highest BCUT2D eigenvalue weighted by Crippen LogP contribution is 2.24. The number of fused-ring (bicyclic) bond motifs is 1. The lowest BCUT2D eigenvalue weighted by Gasteiger charge is -2.02. The third-order valence-electron chi connectivity index (χ3n) is 2.19. The zero-order chi connectivity index (χ0) is 12.6. The van der Waals surface area contributed by atoms with Gasteiger partial charge in [0, 0.05) is 22.8 Å². The molecule has 6 N–H and O–H groups in total. The third kappa shape index (κ3) is 2.02. The molecule has 0 spiro atoms. The van der Waals surface area contributed by atoms with Gasteiger partial charge in [-0.3, -0.25) is 0 Å². The van der Waals surface area contributed by atoms with E-state index in [1.54, 1.807) is 16.9 Å². The normalized spacial score (nSPS) is 11.5. The standard InChI is InChI=1S/C9H10N4O3S/c10-5-1-2-7-6(3-5)8(4-12-7)17(15,16)13-9(11)14/h1-4,12H,10H2,(H3,11,13,14). The number of primary amides is 1. The van der Waals surface area contributed by atoms with Crippen LogP contribution in [0.1, 0.15) is 0 Å². The van der Waals surface area contributed by atoms with Crippen molar-refractivity contribution in [3.8, 4) is 0 Å². The molecule has 0 saturated carbocycles. The number of carbonyl (C=O) groups is 1. The molecule has 1 aromatic carbocycles. The van der Waals surface area contributed by atoms with E-state index in [-0.39, 0.29) is 4.90 Å². The SMILES string of the molecule is NC(=O)NS(=O)(=O)c1c[nH]c2ccc(N)cc12. The summed E-state index contributed by atoms with van der Waals surface area (Å²) in [5.41, 5.74) is 11.4. The van der Waals surface area contributed by atoms with E-state index >= 15 is 0 Å². The van der Waals surface area contributed by atoms with Gasteiger partial charge in [-0.25, -0.2) is 17.9 Å². The number of nitrogens with two attached hydrogens (primary N) is 2. The maximum atomic E-state index is 11.8. The van der Waals surface area contributed by atoms with Crippen molar-refractivity contribution in [1.29, 1.82) is 0 Å². The fraction of sp³-hybridized carbons (Fsp3) is 0. The van der Waals surface area contributed by atoms with E-state index in [0.29, 0.717) is 16.6 Å².